The second kappa shape index (κ2) is 9.74. The van der Waals surface area contributed by atoms with E-state index in [0.717, 1.165) is 17.0 Å². The van der Waals surface area contributed by atoms with E-state index in [4.69, 9.17) is 9.47 Å². The predicted molar refractivity (Wildman–Crippen MR) is 116 cm³/mol. The normalized spacial score (nSPS) is 10.5. The Bertz CT molecular complexity index is 1030. The molecule has 0 atom stereocenters. The Hall–Kier alpha value is -3.60. The van der Waals surface area contributed by atoms with Crippen molar-refractivity contribution >= 4 is 11.8 Å². The number of esters is 1. The van der Waals surface area contributed by atoms with Crippen LogP contribution in [0.1, 0.15) is 37.7 Å². The molecule has 3 rings (SSSR count). The van der Waals surface area contributed by atoms with Crippen molar-refractivity contribution in [3.63, 3.8) is 0 Å². The number of carbonyl (C=O) groups is 2. The fourth-order valence-corrected chi connectivity index (χ4v) is 3.21. The molecule has 0 saturated heterocycles. The van der Waals surface area contributed by atoms with Gasteiger partial charge in [-0.1, -0.05) is 36.4 Å². The number of ether oxygens (including phenoxy) is 2. The first-order valence-corrected chi connectivity index (χ1v) is 9.74. The lowest BCUT2D eigenvalue weighted by Gasteiger charge is -2.08. The second-order valence-electron chi connectivity index (χ2n) is 6.98. The Kier molecular flexibility index (Phi) is 6.86. The first-order chi connectivity index (χ1) is 14.5. The lowest BCUT2D eigenvalue weighted by atomic mass is 10.1. The summed E-state index contributed by atoms with van der Waals surface area (Å²) in [6, 6.07) is 18.3. The molecule has 1 aromatic heterocycles. The van der Waals surface area contributed by atoms with E-state index in [0.29, 0.717) is 30.0 Å². The molecule has 0 aliphatic rings. The molecule has 0 amide bonds. The van der Waals surface area contributed by atoms with Gasteiger partial charge in [0.2, 0.25) is 5.78 Å². The van der Waals surface area contributed by atoms with Crippen LogP contribution in [0.5, 0.6) is 5.75 Å². The predicted octanol–water partition coefficient (Wildman–Crippen LogP) is 4.91. The zero-order chi connectivity index (χ0) is 21.5. The van der Waals surface area contributed by atoms with Crippen molar-refractivity contribution in [3.8, 4) is 5.75 Å². The van der Waals surface area contributed by atoms with Crippen molar-refractivity contribution in [2.45, 2.75) is 27.0 Å². The number of allylic oxidation sites excluding steroid dienone is 1. The van der Waals surface area contributed by atoms with Gasteiger partial charge in [0.25, 0.3) is 0 Å². The average molecular weight is 403 g/mol. The number of hydrogen-bond acceptors (Lipinski definition) is 4. The number of Topliss-reactive ketones (excluding diaryl/α,β-unsaturated/α-hetero) is 1. The summed E-state index contributed by atoms with van der Waals surface area (Å²) >= 11 is 0. The van der Waals surface area contributed by atoms with E-state index >= 15 is 0 Å². The van der Waals surface area contributed by atoms with Gasteiger partial charge in [0.1, 0.15) is 12.4 Å². The van der Waals surface area contributed by atoms with Crippen molar-refractivity contribution in [2.24, 2.45) is 0 Å². The van der Waals surface area contributed by atoms with Crippen molar-refractivity contribution in [3.05, 3.63) is 101 Å². The summed E-state index contributed by atoms with van der Waals surface area (Å²) in [6.07, 6.45) is 1.78. The number of rotatable bonds is 9. The lowest BCUT2D eigenvalue weighted by molar-refractivity contribution is 0.0474. The third-order valence-electron chi connectivity index (χ3n) is 4.86. The number of carbonyl (C=O) groups excluding carboxylic acids is 2. The van der Waals surface area contributed by atoms with E-state index in [1.807, 2.05) is 54.8 Å². The number of aromatic nitrogens is 1. The van der Waals surface area contributed by atoms with Crippen molar-refractivity contribution in [1.82, 2.24) is 4.57 Å². The maximum Gasteiger partial charge on any atom is 0.338 e. The molecular weight excluding hydrogens is 378 g/mol. The van der Waals surface area contributed by atoms with Gasteiger partial charge in [0.05, 0.1) is 5.56 Å². The smallest absolute Gasteiger partial charge is 0.338 e. The third-order valence-corrected chi connectivity index (χ3v) is 4.86. The molecule has 2 aromatic carbocycles. The van der Waals surface area contributed by atoms with E-state index in [-0.39, 0.29) is 12.4 Å². The van der Waals surface area contributed by atoms with Crippen LogP contribution in [0.2, 0.25) is 0 Å². The summed E-state index contributed by atoms with van der Waals surface area (Å²) in [6.45, 7) is 8.31. The van der Waals surface area contributed by atoms with Gasteiger partial charge in [0, 0.05) is 23.5 Å². The van der Waals surface area contributed by atoms with Crippen LogP contribution in [-0.4, -0.2) is 22.9 Å². The molecule has 3 aromatic rings. The number of benzene rings is 2. The van der Waals surface area contributed by atoms with Crippen LogP contribution in [0, 0.1) is 13.8 Å². The Morgan fingerprint density at radius 2 is 1.73 bits per heavy atom. The zero-order valence-electron chi connectivity index (χ0n) is 17.3. The minimum Gasteiger partial charge on any atom is -0.489 e. The average Bonchev–Trinajstić information content (AvgIpc) is 3.05. The minimum atomic E-state index is -0.544. The van der Waals surface area contributed by atoms with Crippen LogP contribution in [-0.2, 0) is 17.9 Å². The van der Waals surface area contributed by atoms with Gasteiger partial charge in [0.15, 0.2) is 6.61 Å². The Morgan fingerprint density at radius 1 is 1.03 bits per heavy atom. The van der Waals surface area contributed by atoms with Crippen LogP contribution < -0.4 is 4.74 Å². The summed E-state index contributed by atoms with van der Waals surface area (Å²) in [5.41, 5.74) is 3.80. The molecule has 154 valence electrons. The number of ketones is 1. The minimum absolute atomic E-state index is 0.227. The SMILES string of the molecule is C=CCn1c(C)cc(C(=O)COC(=O)c2ccc(OCc3ccccc3)cc2)c1C. The third kappa shape index (κ3) is 5.06. The Labute approximate surface area is 176 Å². The molecule has 0 fully saturated rings. The number of aryl methyl sites for hydroxylation is 1. The molecule has 30 heavy (non-hydrogen) atoms. The van der Waals surface area contributed by atoms with Gasteiger partial charge in [-0.05, 0) is 49.7 Å². The van der Waals surface area contributed by atoms with Gasteiger partial charge < -0.3 is 14.0 Å². The molecule has 5 heteroatoms. The van der Waals surface area contributed by atoms with Crippen LogP contribution in [0.15, 0.2) is 73.3 Å². The summed E-state index contributed by atoms with van der Waals surface area (Å²) in [7, 11) is 0. The van der Waals surface area contributed by atoms with Gasteiger partial charge >= 0.3 is 5.97 Å². The van der Waals surface area contributed by atoms with Crippen LogP contribution in [0.3, 0.4) is 0 Å². The van der Waals surface area contributed by atoms with Crippen LogP contribution >= 0.6 is 0 Å². The molecule has 1 heterocycles. The van der Waals surface area contributed by atoms with Gasteiger partial charge in [-0.3, -0.25) is 4.79 Å². The molecular formula is C25H25NO4. The zero-order valence-corrected chi connectivity index (χ0v) is 17.3. The van der Waals surface area contributed by atoms with E-state index in [1.165, 1.54) is 0 Å². The highest BCUT2D eigenvalue weighted by molar-refractivity contribution is 6.00. The lowest BCUT2D eigenvalue weighted by Crippen LogP contribution is -2.15. The monoisotopic (exact) mass is 403 g/mol. The molecule has 0 aliphatic carbocycles. The summed E-state index contributed by atoms with van der Waals surface area (Å²) in [5.74, 6) is -0.117. The molecule has 0 spiro atoms. The summed E-state index contributed by atoms with van der Waals surface area (Å²) < 4.78 is 12.9. The van der Waals surface area contributed by atoms with Crippen molar-refractivity contribution in [2.75, 3.05) is 6.61 Å². The van der Waals surface area contributed by atoms with Gasteiger partial charge in [-0.15, -0.1) is 6.58 Å². The maximum absolute atomic E-state index is 12.5. The highest BCUT2D eigenvalue weighted by Crippen LogP contribution is 2.17. The number of nitrogens with zero attached hydrogens (tertiary/aromatic N) is 1. The van der Waals surface area contributed by atoms with Crippen molar-refractivity contribution in [1.29, 1.82) is 0 Å². The van der Waals surface area contributed by atoms with Crippen LogP contribution in [0.25, 0.3) is 0 Å². The fourth-order valence-electron chi connectivity index (χ4n) is 3.21. The first-order valence-electron chi connectivity index (χ1n) is 9.74. The van der Waals surface area contributed by atoms with Gasteiger partial charge in [-0.25, -0.2) is 4.79 Å². The molecule has 0 bridgehead atoms. The summed E-state index contributed by atoms with van der Waals surface area (Å²) in [4.78, 5) is 24.8. The molecule has 0 unspecified atom stereocenters. The Morgan fingerprint density at radius 3 is 2.40 bits per heavy atom. The highest BCUT2D eigenvalue weighted by atomic mass is 16.5. The quantitative estimate of drug-likeness (QED) is 0.289. The van der Waals surface area contributed by atoms with Crippen LogP contribution in [0.4, 0.5) is 0 Å². The van der Waals surface area contributed by atoms with E-state index in [9.17, 15) is 9.59 Å². The van der Waals surface area contributed by atoms with E-state index in [1.54, 1.807) is 30.3 Å². The van der Waals surface area contributed by atoms with Gasteiger partial charge in [-0.2, -0.15) is 0 Å². The van der Waals surface area contributed by atoms with Crippen molar-refractivity contribution < 1.29 is 19.1 Å². The molecule has 0 radical (unpaired) electrons. The fraction of sp³-hybridized carbons (Fsp3) is 0.200. The van der Waals surface area contributed by atoms with E-state index < -0.39 is 5.97 Å². The number of hydrogen-bond donors (Lipinski definition) is 0. The largest absolute Gasteiger partial charge is 0.489 e. The highest BCUT2D eigenvalue weighted by Gasteiger charge is 2.17. The molecule has 5 nitrogen and oxygen atoms in total. The van der Waals surface area contributed by atoms with E-state index in [2.05, 4.69) is 6.58 Å². The second-order valence-corrected chi connectivity index (χ2v) is 6.98. The summed E-state index contributed by atoms with van der Waals surface area (Å²) in [5, 5.41) is 0. The maximum atomic E-state index is 12.5. The molecule has 0 saturated carbocycles. The first kappa shape index (κ1) is 21.1. The Balaban J connectivity index is 1.55. The molecule has 0 aliphatic heterocycles. The topological polar surface area (TPSA) is 57.5 Å². The standard InChI is InChI=1S/C25H25NO4/c1-4-14-26-18(2)15-23(19(26)3)24(27)17-30-25(28)21-10-12-22(13-11-21)29-16-20-8-6-5-7-9-20/h4-13,15H,1,14,16-17H2,2-3H3. The molecule has 0 N–H and O–H groups in total.